The zero-order chi connectivity index (χ0) is 14.4. The summed E-state index contributed by atoms with van der Waals surface area (Å²) in [5, 5.41) is 6.16. The van der Waals surface area contributed by atoms with Crippen LogP contribution in [0.3, 0.4) is 0 Å². The highest BCUT2D eigenvalue weighted by Crippen LogP contribution is 2.13. The average molecular weight is 290 g/mol. The SMILES string of the molecule is [CH2]n1nc(C(=O)CCc2cccs2)nc1CCCCC. The second-order valence-corrected chi connectivity index (χ2v) is 5.84. The van der Waals surface area contributed by atoms with E-state index < -0.39 is 0 Å². The highest BCUT2D eigenvalue weighted by molar-refractivity contribution is 7.09. The fraction of sp³-hybridized carbons (Fsp3) is 0.467. The number of carbonyl (C=O) groups is 1. The van der Waals surface area contributed by atoms with Crippen LogP contribution in [-0.2, 0) is 12.8 Å². The molecule has 2 rings (SSSR count). The molecule has 0 saturated heterocycles. The van der Waals surface area contributed by atoms with E-state index in [4.69, 9.17) is 0 Å². The fourth-order valence-electron chi connectivity index (χ4n) is 2.01. The van der Waals surface area contributed by atoms with E-state index in [1.807, 2.05) is 17.5 Å². The van der Waals surface area contributed by atoms with E-state index in [-0.39, 0.29) is 5.78 Å². The number of hydrogen-bond donors (Lipinski definition) is 0. The molecular formula is C15H20N3OS. The normalized spacial score (nSPS) is 10.9. The second-order valence-electron chi connectivity index (χ2n) is 4.81. The van der Waals surface area contributed by atoms with Crippen molar-refractivity contribution in [2.75, 3.05) is 0 Å². The van der Waals surface area contributed by atoms with Gasteiger partial charge in [-0.25, -0.2) is 9.67 Å². The van der Waals surface area contributed by atoms with Gasteiger partial charge in [-0.1, -0.05) is 25.8 Å². The largest absolute Gasteiger partial charge is 0.291 e. The molecule has 0 saturated carbocycles. The predicted octanol–water partition coefficient (Wildman–Crippen LogP) is 3.53. The summed E-state index contributed by atoms with van der Waals surface area (Å²) < 4.78 is 1.49. The molecule has 0 amide bonds. The first-order valence-corrected chi connectivity index (χ1v) is 7.91. The van der Waals surface area contributed by atoms with Crippen molar-refractivity contribution in [1.29, 1.82) is 0 Å². The van der Waals surface area contributed by atoms with Crippen LogP contribution in [0.2, 0.25) is 0 Å². The molecule has 2 aromatic heterocycles. The molecule has 107 valence electrons. The van der Waals surface area contributed by atoms with Gasteiger partial charge in [-0.15, -0.1) is 16.4 Å². The third kappa shape index (κ3) is 4.00. The van der Waals surface area contributed by atoms with E-state index in [1.165, 1.54) is 9.56 Å². The standard InChI is InChI=1S/C15H20N3OS/c1-3-4-5-8-14-16-15(17-18(14)2)13(19)10-9-12-7-6-11-20-12/h6-7,11H,2-5,8-10H2,1H3. The Balaban J connectivity index is 1.91. The second kappa shape index (κ2) is 7.33. The topological polar surface area (TPSA) is 47.8 Å². The first kappa shape index (κ1) is 14.9. The Bertz CT molecular complexity index is 545. The molecule has 0 spiro atoms. The number of rotatable bonds is 8. The number of hydrogen-bond acceptors (Lipinski definition) is 4. The molecule has 0 N–H and O–H groups in total. The van der Waals surface area contributed by atoms with Crippen LogP contribution in [0.5, 0.6) is 0 Å². The first-order valence-electron chi connectivity index (χ1n) is 7.03. The molecule has 0 fully saturated rings. The lowest BCUT2D eigenvalue weighted by molar-refractivity contribution is 0.0973. The third-order valence-corrected chi connectivity index (χ3v) is 4.12. The lowest BCUT2D eigenvalue weighted by Gasteiger charge is -1.97. The molecule has 0 aliphatic heterocycles. The van der Waals surface area contributed by atoms with Gasteiger partial charge >= 0.3 is 0 Å². The number of unbranched alkanes of at least 4 members (excludes halogenated alkanes) is 2. The van der Waals surface area contributed by atoms with E-state index in [2.05, 4.69) is 24.1 Å². The van der Waals surface area contributed by atoms with Crippen LogP contribution in [0.4, 0.5) is 0 Å². The summed E-state index contributed by atoms with van der Waals surface area (Å²) in [6, 6.07) is 4.04. The van der Waals surface area contributed by atoms with Gasteiger partial charge in [0, 0.05) is 17.7 Å². The number of aryl methyl sites for hydroxylation is 2. The summed E-state index contributed by atoms with van der Waals surface area (Å²) in [5.74, 6) is 1.11. The molecule has 0 unspecified atom stereocenters. The maximum absolute atomic E-state index is 12.1. The minimum Gasteiger partial charge on any atom is -0.291 e. The summed E-state index contributed by atoms with van der Waals surface area (Å²) >= 11 is 1.67. The predicted molar refractivity (Wildman–Crippen MR) is 81.0 cm³/mol. The Morgan fingerprint density at radius 1 is 1.40 bits per heavy atom. The maximum atomic E-state index is 12.1. The van der Waals surface area contributed by atoms with E-state index in [9.17, 15) is 4.79 Å². The number of carbonyl (C=O) groups excluding carboxylic acids is 1. The van der Waals surface area contributed by atoms with E-state index >= 15 is 0 Å². The van der Waals surface area contributed by atoms with Crippen LogP contribution in [0.1, 0.15) is 53.9 Å². The number of thiophene rings is 1. The number of ketones is 1. The lowest BCUT2D eigenvalue weighted by Crippen LogP contribution is -2.03. The molecule has 2 aromatic rings. The summed E-state index contributed by atoms with van der Waals surface area (Å²) in [4.78, 5) is 17.6. The number of nitrogens with zero attached hydrogens (tertiary/aromatic N) is 3. The van der Waals surface area contributed by atoms with Crippen molar-refractivity contribution in [3.63, 3.8) is 0 Å². The Kier molecular flexibility index (Phi) is 5.47. The van der Waals surface area contributed by atoms with Gasteiger partial charge in [-0.05, 0) is 24.3 Å². The van der Waals surface area contributed by atoms with E-state index in [0.29, 0.717) is 12.2 Å². The molecule has 2 heterocycles. The average Bonchev–Trinajstić information content (AvgIpc) is 3.07. The van der Waals surface area contributed by atoms with Crippen molar-refractivity contribution in [3.8, 4) is 0 Å². The van der Waals surface area contributed by atoms with Gasteiger partial charge in [0.1, 0.15) is 5.82 Å². The Labute approximate surface area is 123 Å². The van der Waals surface area contributed by atoms with Gasteiger partial charge in [-0.2, -0.15) is 0 Å². The molecule has 0 aliphatic carbocycles. The molecular weight excluding hydrogens is 270 g/mol. The first-order chi connectivity index (χ1) is 9.70. The van der Waals surface area contributed by atoms with Crippen LogP contribution in [0.15, 0.2) is 17.5 Å². The summed E-state index contributed by atoms with van der Waals surface area (Å²) in [7, 11) is 3.81. The Morgan fingerprint density at radius 2 is 2.25 bits per heavy atom. The van der Waals surface area contributed by atoms with Crippen molar-refractivity contribution < 1.29 is 4.79 Å². The summed E-state index contributed by atoms with van der Waals surface area (Å²) in [6.07, 6.45) is 5.44. The van der Waals surface area contributed by atoms with Gasteiger partial charge in [0.05, 0.1) is 7.05 Å². The van der Waals surface area contributed by atoms with E-state index in [1.54, 1.807) is 11.3 Å². The molecule has 0 atom stereocenters. The van der Waals surface area contributed by atoms with Gasteiger partial charge < -0.3 is 0 Å². The zero-order valence-electron chi connectivity index (χ0n) is 11.8. The molecule has 1 radical (unpaired) electrons. The van der Waals surface area contributed by atoms with E-state index in [0.717, 1.165) is 37.9 Å². The highest BCUT2D eigenvalue weighted by atomic mass is 32.1. The minimum absolute atomic E-state index is 0.00228. The van der Waals surface area contributed by atoms with Crippen molar-refractivity contribution in [1.82, 2.24) is 14.8 Å². The van der Waals surface area contributed by atoms with Crippen LogP contribution >= 0.6 is 11.3 Å². The highest BCUT2D eigenvalue weighted by Gasteiger charge is 2.14. The summed E-state index contributed by atoms with van der Waals surface area (Å²) in [6.45, 7) is 2.16. The molecule has 5 heteroatoms. The molecule has 4 nitrogen and oxygen atoms in total. The number of Topliss-reactive ketones (excluding diaryl/α,β-unsaturated/α-hetero) is 1. The maximum Gasteiger partial charge on any atom is 0.217 e. The van der Waals surface area contributed by atoms with Gasteiger partial charge in [0.25, 0.3) is 0 Å². The summed E-state index contributed by atoms with van der Waals surface area (Å²) in [5.41, 5.74) is 0. The van der Waals surface area contributed by atoms with Crippen LogP contribution < -0.4 is 0 Å². The Morgan fingerprint density at radius 3 is 2.95 bits per heavy atom. The lowest BCUT2D eigenvalue weighted by atomic mass is 10.2. The third-order valence-electron chi connectivity index (χ3n) is 3.18. The molecule has 20 heavy (non-hydrogen) atoms. The fourth-order valence-corrected chi connectivity index (χ4v) is 2.72. The zero-order valence-corrected chi connectivity index (χ0v) is 12.7. The van der Waals surface area contributed by atoms with Crippen LogP contribution in [0, 0.1) is 7.05 Å². The van der Waals surface area contributed by atoms with Crippen molar-refractivity contribution in [2.45, 2.75) is 45.4 Å². The van der Waals surface area contributed by atoms with Gasteiger partial charge in [-0.3, -0.25) is 4.79 Å². The van der Waals surface area contributed by atoms with Gasteiger partial charge in [0.15, 0.2) is 0 Å². The monoisotopic (exact) mass is 290 g/mol. The number of aromatic nitrogens is 3. The van der Waals surface area contributed by atoms with Crippen molar-refractivity contribution in [3.05, 3.63) is 41.1 Å². The Hall–Kier alpha value is -1.49. The smallest absolute Gasteiger partial charge is 0.217 e. The molecule has 0 bridgehead atoms. The van der Waals surface area contributed by atoms with Crippen molar-refractivity contribution >= 4 is 17.1 Å². The molecule has 0 aromatic carbocycles. The molecule has 0 aliphatic rings. The van der Waals surface area contributed by atoms with Crippen LogP contribution in [-0.4, -0.2) is 20.5 Å². The van der Waals surface area contributed by atoms with Crippen LogP contribution in [0.25, 0.3) is 0 Å². The van der Waals surface area contributed by atoms with Gasteiger partial charge in [0.2, 0.25) is 11.6 Å². The quantitative estimate of drug-likeness (QED) is 0.552. The van der Waals surface area contributed by atoms with Crippen molar-refractivity contribution in [2.24, 2.45) is 0 Å². The minimum atomic E-state index is -0.00228.